The van der Waals surface area contributed by atoms with Gasteiger partial charge < -0.3 is 5.32 Å². The van der Waals surface area contributed by atoms with Gasteiger partial charge in [-0.05, 0) is 24.6 Å². The molecule has 6 heteroatoms. The predicted molar refractivity (Wildman–Crippen MR) is 75.1 cm³/mol. The predicted octanol–water partition coefficient (Wildman–Crippen LogP) is 2.63. The molecule has 0 aliphatic carbocycles. The first-order valence-electron chi connectivity index (χ1n) is 5.65. The number of pyridine rings is 2. The normalized spacial score (nSPS) is 10.6. The lowest BCUT2D eigenvalue weighted by atomic mass is 10.1. The Morgan fingerprint density at radius 3 is 3.05 bits per heavy atom. The number of hydrogen-bond acceptors (Lipinski definition) is 5. The van der Waals surface area contributed by atoms with Crippen LogP contribution in [0.1, 0.15) is 5.56 Å². The number of thiazole rings is 1. The minimum atomic E-state index is 0.553. The first kappa shape index (κ1) is 11.7. The van der Waals surface area contributed by atoms with E-state index in [0.717, 1.165) is 21.4 Å². The molecule has 0 saturated carbocycles. The Bertz CT molecular complexity index is 753. The molecule has 19 heavy (non-hydrogen) atoms. The van der Waals surface area contributed by atoms with E-state index < -0.39 is 0 Å². The summed E-state index contributed by atoms with van der Waals surface area (Å²) in [5.74, 6) is 0. The third-order valence-corrected chi connectivity index (χ3v) is 3.70. The Hall–Kier alpha value is -2.34. The number of amides is 1. The number of carbonyl (C=O) groups excluding carboxylic acids is 1. The van der Waals surface area contributed by atoms with E-state index in [1.54, 1.807) is 12.4 Å². The maximum atomic E-state index is 10.4. The quantitative estimate of drug-likeness (QED) is 0.743. The maximum Gasteiger partial charge on any atom is 0.213 e. The van der Waals surface area contributed by atoms with E-state index >= 15 is 0 Å². The van der Waals surface area contributed by atoms with Gasteiger partial charge in [-0.25, -0.2) is 4.98 Å². The Labute approximate surface area is 113 Å². The number of aryl methyl sites for hydroxylation is 1. The molecular weight excluding hydrogens is 260 g/mol. The van der Waals surface area contributed by atoms with Gasteiger partial charge in [0.05, 0.1) is 4.70 Å². The molecule has 0 aliphatic heterocycles. The van der Waals surface area contributed by atoms with Crippen molar-refractivity contribution in [2.24, 2.45) is 0 Å². The Kier molecular flexibility index (Phi) is 2.92. The molecule has 0 radical (unpaired) electrons. The van der Waals surface area contributed by atoms with Crippen LogP contribution < -0.4 is 5.32 Å². The van der Waals surface area contributed by atoms with Crippen molar-refractivity contribution in [2.45, 2.75) is 6.92 Å². The van der Waals surface area contributed by atoms with Gasteiger partial charge in [0.15, 0.2) is 10.8 Å². The van der Waals surface area contributed by atoms with Gasteiger partial charge in [0.1, 0.15) is 0 Å². The average molecular weight is 270 g/mol. The van der Waals surface area contributed by atoms with Crippen LogP contribution in [0, 0.1) is 6.92 Å². The Morgan fingerprint density at radius 1 is 1.37 bits per heavy atom. The molecule has 5 nitrogen and oxygen atoms in total. The fourth-order valence-corrected chi connectivity index (χ4v) is 2.67. The van der Waals surface area contributed by atoms with E-state index in [2.05, 4.69) is 20.3 Å². The molecule has 0 unspecified atom stereocenters. The molecule has 0 bridgehead atoms. The molecule has 3 aromatic rings. The van der Waals surface area contributed by atoms with Crippen molar-refractivity contribution in [3.63, 3.8) is 0 Å². The zero-order valence-corrected chi connectivity index (χ0v) is 10.9. The van der Waals surface area contributed by atoms with Crippen LogP contribution in [0.15, 0.2) is 30.7 Å². The highest BCUT2D eigenvalue weighted by atomic mass is 32.1. The first-order chi connectivity index (χ1) is 9.28. The van der Waals surface area contributed by atoms with Crippen LogP contribution in [-0.4, -0.2) is 21.4 Å². The Balaban J connectivity index is 2.11. The third-order valence-electron chi connectivity index (χ3n) is 2.78. The molecule has 94 valence electrons. The molecule has 0 aromatic carbocycles. The molecule has 0 spiro atoms. The summed E-state index contributed by atoms with van der Waals surface area (Å²) in [5, 5.41) is 3.10. The van der Waals surface area contributed by atoms with Crippen molar-refractivity contribution in [3.05, 3.63) is 36.3 Å². The maximum absolute atomic E-state index is 10.4. The second-order valence-corrected chi connectivity index (χ2v) is 5.05. The van der Waals surface area contributed by atoms with E-state index in [9.17, 15) is 4.79 Å². The van der Waals surface area contributed by atoms with Gasteiger partial charge in [0.2, 0.25) is 6.41 Å². The van der Waals surface area contributed by atoms with Gasteiger partial charge in [-0.2, -0.15) is 4.98 Å². The zero-order chi connectivity index (χ0) is 13.2. The second kappa shape index (κ2) is 4.74. The number of aromatic nitrogens is 3. The zero-order valence-electron chi connectivity index (χ0n) is 10.1. The van der Waals surface area contributed by atoms with Crippen molar-refractivity contribution >= 4 is 33.2 Å². The number of fused-ring (bicyclic) bond motifs is 1. The molecule has 0 fully saturated rings. The highest BCUT2D eigenvalue weighted by Gasteiger charge is 2.08. The van der Waals surface area contributed by atoms with Crippen LogP contribution >= 0.6 is 11.3 Å². The summed E-state index contributed by atoms with van der Waals surface area (Å²) >= 11 is 1.40. The van der Waals surface area contributed by atoms with Crippen molar-refractivity contribution in [1.29, 1.82) is 0 Å². The van der Waals surface area contributed by atoms with Gasteiger partial charge in [-0.1, -0.05) is 11.3 Å². The SMILES string of the molecule is Cc1ccncc1-c1cnc2nc(NC=O)sc2c1. The van der Waals surface area contributed by atoms with Crippen molar-refractivity contribution in [1.82, 2.24) is 15.0 Å². The fourth-order valence-electron chi connectivity index (χ4n) is 1.85. The van der Waals surface area contributed by atoms with Crippen LogP contribution in [0.5, 0.6) is 0 Å². The first-order valence-corrected chi connectivity index (χ1v) is 6.47. The average Bonchev–Trinajstić information content (AvgIpc) is 2.81. The van der Waals surface area contributed by atoms with Crippen LogP contribution in [0.3, 0.4) is 0 Å². The smallest absolute Gasteiger partial charge is 0.213 e. The van der Waals surface area contributed by atoms with E-state index in [4.69, 9.17) is 0 Å². The van der Waals surface area contributed by atoms with Crippen molar-refractivity contribution in [3.8, 4) is 11.1 Å². The van der Waals surface area contributed by atoms with Crippen LogP contribution in [0.2, 0.25) is 0 Å². The van der Waals surface area contributed by atoms with Gasteiger partial charge >= 0.3 is 0 Å². The van der Waals surface area contributed by atoms with Gasteiger partial charge in [0, 0.05) is 29.7 Å². The summed E-state index contributed by atoms with van der Waals surface area (Å²) in [4.78, 5) is 23.1. The number of hydrogen-bond donors (Lipinski definition) is 1. The standard InChI is InChI=1S/C13H10N4OS/c1-8-2-3-14-6-10(8)9-4-11-12(15-5-9)17-13(19-11)16-7-18/h2-7H,1H3,(H,15,16,17,18). The summed E-state index contributed by atoms with van der Waals surface area (Å²) in [6.07, 6.45) is 5.98. The molecule has 3 heterocycles. The molecule has 1 amide bonds. The van der Waals surface area contributed by atoms with E-state index in [-0.39, 0.29) is 0 Å². The second-order valence-electron chi connectivity index (χ2n) is 4.02. The molecule has 0 aliphatic rings. The minimum absolute atomic E-state index is 0.553. The van der Waals surface area contributed by atoms with Crippen molar-refractivity contribution in [2.75, 3.05) is 5.32 Å². The molecule has 3 aromatic heterocycles. The fraction of sp³-hybridized carbons (Fsp3) is 0.0769. The van der Waals surface area contributed by atoms with Crippen LogP contribution in [-0.2, 0) is 4.79 Å². The van der Waals surface area contributed by atoms with Gasteiger partial charge in [-0.3, -0.25) is 9.78 Å². The number of carbonyl (C=O) groups is 1. The topological polar surface area (TPSA) is 67.8 Å². The summed E-state index contributed by atoms with van der Waals surface area (Å²) in [5.41, 5.74) is 3.83. The lowest BCUT2D eigenvalue weighted by Crippen LogP contribution is -1.91. The molecule has 1 N–H and O–H groups in total. The lowest BCUT2D eigenvalue weighted by Gasteiger charge is -2.03. The van der Waals surface area contributed by atoms with Gasteiger partial charge in [-0.15, -0.1) is 0 Å². The number of rotatable bonds is 3. The number of anilines is 1. The van der Waals surface area contributed by atoms with Crippen LogP contribution in [0.4, 0.5) is 5.13 Å². The summed E-state index contributed by atoms with van der Waals surface area (Å²) in [6.45, 7) is 2.03. The van der Waals surface area contributed by atoms with E-state index in [0.29, 0.717) is 17.2 Å². The highest BCUT2D eigenvalue weighted by Crippen LogP contribution is 2.29. The van der Waals surface area contributed by atoms with E-state index in [1.165, 1.54) is 11.3 Å². The van der Waals surface area contributed by atoms with Crippen LogP contribution in [0.25, 0.3) is 21.5 Å². The number of nitrogens with zero attached hydrogens (tertiary/aromatic N) is 3. The third kappa shape index (κ3) is 2.17. The molecule has 0 atom stereocenters. The largest absolute Gasteiger partial charge is 0.305 e. The molecule has 3 rings (SSSR count). The summed E-state index contributed by atoms with van der Waals surface area (Å²) in [7, 11) is 0. The summed E-state index contributed by atoms with van der Waals surface area (Å²) in [6, 6.07) is 3.98. The molecule has 0 saturated heterocycles. The minimum Gasteiger partial charge on any atom is -0.305 e. The monoisotopic (exact) mass is 270 g/mol. The lowest BCUT2D eigenvalue weighted by molar-refractivity contribution is -0.105. The van der Waals surface area contributed by atoms with Crippen molar-refractivity contribution < 1.29 is 4.79 Å². The highest BCUT2D eigenvalue weighted by molar-refractivity contribution is 7.22. The Morgan fingerprint density at radius 2 is 2.26 bits per heavy atom. The van der Waals surface area contributed by atoms with Gasteiger partial charge in [0.25, 0.3) is 0 Å². The summed E-state index contributed by atoms with van der Waals surface area (Å²) < 4.78 is 0.935. The van der Waals surface area contributed by atoms with E-state index in [1.807, 2.05) is 25.3 Å². The number of nitrogens with one attached hydrogen (secondary N) is 1. The molecular formula is C13H10N4OS.